The molecule has 0 aromatic heterocycles. The fourth-order valence-electron chi connectivity index (χ4n) is 1.58. The van der Waals surface area contributed by atoms with E-state index in [4.69, 9.17) is 10.5 Å². The lowest BCUT2D eigenvalue weighted by Crippen LogP contribution is -2.15. The maximum Gasteiger partial charge on any atom is 0.226 e. The third kappa shape index (κ3) is 6.30. The summed E-state index contributed by atoms with van der Waals surface area (Å²) in [5.74, 6) is 0.993. The molecule has 0 atom stereocenters. The van der Waals surface area contributed by atoms with Gasteiger partial charge in [0.15, 0.2) is 0 Å². The second-order valence-electron chi connectivity index (χ2n) is 4.51. The number of thioether (sulfide) groups is 1. The number of nitrogens with two attached hydrogens (primary N) is 1. The van der Waals surface area contributed by atoms with Crippen molar-refractivity contribution in [2.24, 2.45) is 0 Å². The van der Waals surface area contributed by atoms with Crippen LogP contribution < -0.4 is 11.1 Å². The lowest BCUT2D eigenvalue weighted by atomic mass is 10.2. The minimum absolute atomic E-state index is 0.0644. The Morgan fingerprint density at radius 3 is 2.80 bits per heavy atom. The van der Waals surface area contributed by atoms with Crippen molar-refractivity contribution in [3.8, 4) is 0 Å². The topological polar surface area (TPSA) is 64.3 Å². The largest absolute Gasteiger partial charge is 0.397 e. The third-order valence-corrected chi connectivity index (χ3v) is 3.79. The molecule has 3 N–H and O–H groups in total. The Morgan fingerprint density at radius 2 is 2.10 bits per heavy atom. The average Bonchev–Trinajstić information content (AvgIpc) is 2.44. The van der Waals surface area contributed by atoms with Gasteiger partial charge in [0.05, 0.1) is 24.4 Å². The van der Waals surface area contributed by atoms with E-state index in [-0.39, 0.29) is 5.91 Å². The molecule has 1 aromatic rings. The number of ether oxygens (including phenoxy) is 1. The minimum atomic E-state index is -0.0644. The van der Waals surface area contributed by atoms with Crippen LogP contribution in [0.4, 0.5) is 11.4 Å². The predicted molar refractivity (Wildman–Crippen MR) is 86.2 cm³/mol. The van der Waals surface area contributed by atoms with Crippen LogP contribution in [-0.2, 0) is 9.53 Å². The molecule has 112 valence electrons. The van der Waals surface area contributed by atoms with Gasteiger partial charge in [-0.05, 0) is 36.8 Å². The van der Waals surface area contributed by atoms with E-state index in [1.54, 1.807) is 11.8 Å². The summed E-state index contributed by atoms with van der Waals surface area (Å²) in [6, 6.07) is 5.75. The van der Waals surface area contributed by atoms with E-state index in [0.29, 0.717) is 31.0 Å². The highest BCUT2D eigenvalue weighted by atomic mass is 32.2. The summed E-state index contributed by atoms with van der Waals surface area (Å²) >= 11 is 1.76. The van der Waals surface area contributed by atoms with E-state index in [1.807, 2.05) is 25.1 Å². The normalized spacial score (nSPS) is 10.5. The first-order chi connectivity index (χ1) is 9.67. The first-order valence-corrected chi connectivity index (χ1v) is 8.05. The minimum Gasteiger partial charge on any atom is -0.397 e. The maximum atomic E-state index is 11.8. The molecule has 1 rings (SSSR count). The van der Waals surface area contributed by atoms with Crippen molar-refractivity contribution in [1.29, 1.82) is 0 Å². The fraction of sp³-hybridized carbons (Fsp3) is 0.533. The van der Waals surface area contributed by atoms with Crippen molar-refractivity contribution in [2.45, 2.75) is 38.0 Å². The molecule has 0 saturated heterocycles. The van der Waals surface area contributed by atoms with Crippen molar-refractivity contribution < 1.29 is 9.53 Å². The van der Waals surface area contributed by atoms with Crippen molar-refractivity contribution in [1.82, 2.24) is 0 Å². The molecule has 0 heterocycles. The molecule has 0 fully saturated rings. The Balaban J connectivity index is 2.50. The molecular formula is C15H24N2O2S. The van der Waals surface area contributed by atoms with Crippen LogP contribution in [0.3, 0.4) is 0 Å². The number of nitrogen functional groups attached to an aromatic ring is 1. The van der Waals surface area contributed by atoms with Gasteiger partial charge in [-0.3, -0.25) is 4.79 Å². The first kappa shape index (κ1) is 16.9. The number of benzene rings is 1. The Bertz CT molecular complexity index is 424. The van der Waals surface area contributed by atoms with Gasteiger partial charge in [0.2, 0.25) is 5.91 Å². The molecule has 1 amide bonds. The van der Waals surface area contributed by atoms with Crippen LogP contribution in [-0.4, -0.2) is 24.9 Å². The van der Waals surface area contributed by atoms with Gasteiger partial charge in [-0.25, -0.2) is 0 Å². The fourth-order valence-corrected chi connectivity index (χ4v) is 2.38. The van der Waals surface area contributed by atoms with Gasteiger partial charge in [-0.15, -0.1) is 11.8 Å². The number of hydrogen-bond donors (Lipinski definition) is 2. The van der Waals surface area contributed by atoms with Gasteiger partial charge < -0.3 is 15.8 Å². The zero-order chi connectivity index (χ0) is 14.8. The van der Waals surface area contributed by atoms with Gasteiger partial charge in [0.25, 0.3) is 0 Å². The number of rotatable bonds is 9. The van der Waals surface area contributed by atoms with Gasteiger partial charge in [-0.1, -0.05) is 13.8 Å². The second-order valence-corrected chi connectivity index (χ2v) is 5.68. The summed E-state index contributed by atoms with van der Waals surface area (Å²) in [4.78, 5) is 12.9. The number of carbonyl (C=O) groups is 1. The first-order valence-electron chi connectivity index (χ1n) is 7.07. The monoisotopic (exact) mass is 296 g/mol. The SMILES string of the molecule is CCCOCCC(=O)Nc1cc(SCCC)ccc1N. The van der Waals surface area contributed by atoms with Crippen molar-refractivity contribution in [2.75, 3.05) is 30.0 Å². The van der Waals surface area contributed by atoms with Gasteiger partial charge >= 0.3 is 0 Å². The van der Waals surface area contributed by atoms with Gasteiger partial charge in [0, 0.05) is 11.5 Å². The van der Waals surface area contributed by atoms with E-state index < -0.39 is 0 Å². The molecule has 0 spiro atoms. The van der Waals surface area contributed by atoms with Crippen LogP contribution in [0, 0.1) is 0 Å². The lowest BCUT2D eigenvalue weighted by molar-refractivity contribution is -0.117. The standard InChI is InChI=1S/C15H24N2O2S/c1-3-8-19-9-7-15(18)17-14-11-12(20-10-4-2)5-6-13(14)16/h5-6,11H,3-4,7-10,16H2,1-2H3,(H,17,18). The van der Waals surface area contributed by atoms with E-state index in [0.717, 1.165) is 23.5 Å². The van der Waals surface area contributed by atoms with Crippen LogP contribution in [0.5, 0.6) is 0 Å². The molecule has 5 heteroatoms. The number of anilines is 2. The van der Waals surface area contributed by atoms with E-state index >= 15 is 0 Å². The Kier molecular flexibility index (Phi) is 8.14. The zero-order valence-electron chi connectivity index (χ0n) is 12.3. The summed E-state index contributed by atoms with van der Waals surface area (Å²) < 4.78 is 5.30. The van der Waals surface area contributed by atoms with Crippen LogP contribution in [0.25, 0.3) is 0 Å². The predicted octanol–water partition coefficient (Wildman–Crippen LogP) is 3.53. The Labute approximate surface area is 125 Å². The molecule has 0 saturated carbocycles. The van der Waals surface area contributed by atoms with Crippen molar-refractivity contribution in [3.05, 3.63) is 18.2 Å². The smallest absolute Gasteiger partial charge is 0.226 e. The number of amides is 1. The molecule has 0 aliphatic heterocycles. The molecule has 0 aliphatic carbocycles. The number of hydrogen-bond acceptors (Lipinski definition) is 4. The molecule has 4 nitrogen and oxygen atoms in total. The van der Waals surface area contributed by atoms with Crippen LogP contribution in [0.2, 0.25) is 0 Å². The van der Waals surface area contributed by atoms with Gasteiger partial charge in [-0.2, -0.15) is 0 Å². The Morgan fingerprint density at radius 1 is 1.30 bits per heavy atom. The van der Waals surface area contributed by atoms with Crippen LogP contribution >= 0.6 is 11.8 Å². The van der Waals surface area contributed by atoms with Gasteiger partial charge in [0.1, 0.15) is 0 Å². The zero-order valence-corrected chi connectivity index (χ0v) is 13.1. The van der Waals surface area contributed by atoms with Crippen molar-refractivity contribution in [3.63, 3.8) is 0 Å². The summed E-state index contributed by atoms with van der Waals surface area (Å²) in [6.45, 7) is 5.33. The van der Waals surface area contributed by atoms with E-state index in [1.165, 1.54) is 0 Å². The molecule has 0 bridgehead atoms. The summed E-state index contributed by atoms with van der Waals surface area (Å²) in [6.07, 6.45) is 2.43. The summed E-state index contributed by atoms with van der Waals surface area (Å²) in [5.41, 5.74) is 7.17. The highest BCUT2D eigenvalue weighted by Gasteiger charge is 2.06. The summed E-state index contributed by atoms with van der Waals surface area (Å²) in [5, 5.41) is 2.85. The molecule has 0 aliphatic rings. The van der Waals surface area contributed by atoms with E-state index in [9.17, 15) is 4.79 Å². The quantitative estimate of drug-likeness (QED) is 0.416. The van der Waals surface area contributed by atoms with Crippen molar-refractivity contribution >= 4 is 29.0 Å². The Hall–Kier alpha value is -1.20. The van der Waals surface area contributed by atoms with E-state index in [2.05, 4.69) is 12.2 Å². The number of nitrogens with one attached hydrogen (secondary N) is 1. The third-order valence-electron chi connectivity index (χ3n) is 2.59. The molecular weight excluding hydrogens is 272 g/mol. The molecule has 1 aromatic carbocycles. The highest BCUT2D eigenvalue weighted by molar-refractivity contribution is 7.99. The summed E-state index contributed by atoms with van der Waals surface area (Å²) in [7, 11) is 0. The molecule has 0 unspecified atom stereocenters. The average molecular weight is 296 g/mol. The molecule has 20 heavy (non-hydrogen) atoms. The number of carbonyl (C=O) groups excluding carboxylic acids is 1. The highest BCUT2D eigenvalue weighted by Crippen LogP contribution is 2.27. The van der Waals surface area contributed by atoms with Crippen LogP contribution in [0.15, 0.2) is 23.1 Å². The van der Waals surface area contributed by atoms with Crippen LogP contribution in [0.1, 0.15) is 33.1 Å². The lowest BCUT2D eigenvalue weighted by Gasteiger charge is -2.10. The molecule has 0 radical (unpaired) electrons. The second kappa shape index (κ2) is 9.66. The maximum absolute atomic E-state index is 11.8.